The highest BCUT2D eigenvalue weighted by molar-refractivity contribution is 6.34. The fourth-order valence-corrected chi connectivity index (χ4v) is 4.32. The summed E-state index contributed by atoms with van der Waals surface area (Å²) in [5, 5.41) is 3.02. The van der Waals surface area contributed by atoms with E-state index >= 15 is 0 Å². The summed E-state index contributed by atoms with van der Waals surface area (Å²) in [4.78, 5) is 48.3. The van der Waals surface area contributed by atoms with Crippen LogP contribution in [0.3, 0.4) is 0 Å². The van der Waals surface area contributed by atoms with Crippen LogP contribution >= 0.6 is 0 Å². The molecule has 1 aliphatic heterocycles. The van der Waals surface area contributed by atoms with Crippen LogP contribution in [-0.2, 0) is 13.1 Å². The molecule has 1 fully saturated rings. The Labute approximate surface area is 192 Å². The fourth-order valence-electron chi connectivity index (χ4n) is 4.32. The largest absolute Gasteiger partial charge is 0.368 e. The number of rotatable bonds is 5. The number of aromatic amines is 1. The highest BCUT2D eigenvalue weighted by Gasteiger charge is 2.20. The number of H-pyrrole nitrogens is 1. The van der Waals surface area contributed by atoms with Crippen LogP contribution in [0.25, 0.3) is 10.9 Å². The molecule has 0 aliphatic carbocycles. The zero-order valence-electron chi connectivity index (χ0n) is 19.1. The number of pyridine rings is 1. The molecule has 10 heteroatoms. The van der Waals surface area contributed by atoms with Crippen molar-refractivity contribution in [2.45, 2.75) is 26.9 Å². The van der Waals surface area contributed by atoms with Gasteiger partial charge in [0.05, 0.1) is 22.3 Å². The fraction of sp³-hybridized carbons (Fsp3) is 0.391. The van der Waals surface area contributed by atoms with Gasteiger partial charge in [-0.3, -0.25) is 19.1 Å². The third-order valence-corrected chi connectivity index (χ3v) is 6.18. The number of aryl methyl sites for hydroxylation is 1. The molecule has 1 aromatic carbocycles. The van der Waals surface area contributed by atoms with Gasteiger partial charge in [0.1, 0.15) is 13.5 Å². The van der Waals surface area contributed by atoms with Crippen molar-refractivity contribution in [1.82, 2.24) is 24.8 Å². The van der Waals surface area contributed by atoms with E-state index in [4.69, 9.17) is 7.85 Å². The van der Waals surface area contributed by atoms with Gasteiger partial charge in [-0.2, -0.15) is 0 Å². The molecular weight excluding hydrogens is 419 g/mol. The Hall–Kier alpha value is -3.40. The molecule has 9 nitrogen and oxygen atoms in total. The number of nitrogens with one attached hydrogen (secondary N) is 2. The third kappa shape index (κ3) is 4.43. The number of carbonyl (C=O) groups excluding carboxylic acids is 1. The van der Waals surface area contributed by atoms with Crippen LogP contribution in [0, 0.1) is 6.92 Å². The number of nitrogens with zero attached hydrogens (tertiary/aromatic N) is 4. The summed E-state index contributed by atoms with van der Waals surface area (Å²) >= 11 is 0. The summed E-state index contributed by atoms with van der Waals surface area (Å²) in [5.41, 5.74) is 3.46. The van der Waals surface area contributed by atoms with Gasteiger partial charge >= 0.3 is 5.69 Å². The molecule has 1 amide bonds. The number of anilines is 1. The van der Waals surface area contributed by atoms with Crippen LogP contribution in [-0.4, -0.2) is 66.4 Å². The first-order valence-electron chi connectivity index (χ1n) is 11.0. The summed E-state index contributed by atoms with van der Waals surface area (Å²) < 4.78 is 1.17. The van der Waals surface area contributed by atoms with E-state index in [0.29, 0.717) is 35.1 Å². The van der Waals surface area contributed by atoms with Crippen LogP contribution in [0.4, 0.5) is 5.69 Å². The van der Waals surface area contributed by atoms with E-state index in [1.807, 2.05) is 19.1 Å². The topological polar surface area (TPSA) is 103 Å². The van der Waals surface area contributed by atoms with Gasteiger partial charge in [-0.05, 0) is 37.6 Å². The highest BCUT2D eigenvalue weighted by Crippen LogP contribution is 2.21. The van der Waals surface area contributed by atoms with Crippen molar-refractivity contribution in [2.24, 2.45) is 0 Å². The second-order valence-electron chi connectivity index (χ2n) is 8.22. The number of carbonyl (C=O) groups is 1. The molecule has 0 atom stereocenters. The highest BCUT2D eigenvalue weighted by atomic mass is 16.2. The molecular formula is C23H27BN6O3. The zero-order valence-corrected chi connectivity index (χ0v) is 19.1. The monoisotopic (exact) mass is 446 g/mol. The maximum atomic E-state index is 12.6. The first kappa shape index (κ1) is 22.8. The maximum absolute atomic E-state index is 12.6. The lowest BCUT2D eigenvalue weighted by molar-refractivity contribution is 0.0958. The van der Waals surface area contributed by atoms with Crippen molar-refractivity contribution < 1.29 is 4.79 Å². The molecule has 170 valence electrons. The van der Waals surface area contributed by atoms with Crippen molar-refractivity contribution in [1.29, 1.82) is 0 Å². The first-order valence-corrected chi connectivity index (χ1v) is 11.0. The average molecular weight is 446 g/mol. The molecule has 1 aliphatic rings. The Morgan fingerprint density at radius 1 is 1.18 bits per heavy atom. The minimum atomic E-state index is -0.411. The average Bonchev–Trinajstić information content (AvgIpc) is 2.80. The standard InChI is InChI=1S/C23H27BN6O3/c1-4-30-22(32)16-12-17(24)15(11-19(16)27-23(30)33)13-28-7-9-29(10-8-28)20-6-5-18(21(31)25-3)26-14(20)2/h5-6,11-12H,4,7-10,13H2,1-3H3,(H,25,31)(H,27,33). The van der Waals surface area contributed by atoms with E-state index in [0.717, 1.165) is 43.1 Å². The number of hydrogen-bond acceptors (Lipinski definition) is 6. The molecule has 3 heterocycles. The maximum Gasteiger partial charge on any atom is 0.328 e. The molecule has 33 heavy (non-hydrogen) atoms. The van der Waals surface area contributed by atoms with Gasteiger partial charge in [-0.1, -0.05) is 11.5 Å². The summed E-state index contributed by atoms with van der Waals surface area (Å²) in [6.07, 6.45) is 0. The van der Waals surface area contributed by atoms with E-state index in [9.17, 15) is 14.4 Å². The van der Waals surface area contributed by atoms with Crippen LogP contribution in [0.2, 0.25) is 0 Å². The molecule has 0 spiro atoms. The van der Waals surface area contributed by atoms with Crippen molar-refractivity contribution in [3.05, 3.63) is 62.1 Å². The lowest BCUT2D eigenvalue weighted by atomic mass is 9.88. The molecule has 0 unspecified atom stereocenters. The molecule has 2 radical (unpaired) electrons. The number of amides is 1. The minimum Gasteiger partial charge on any atom is -0.368 e. The summed E-state index contributed by atoms with van der Waals surface area (Å²) in [6.45, 7) is 7.87. The SMILES string of the molecule is [B]c1cc2c(=O)n(CC)c(=O)[nH]c2cc1CN1CCN(c2ccc(C(=O)NC)nc2C)CC1. The predicted molar refractivity (Wildman–Crippen MR) is 130 cm³/mol. The minimum absolute atomic E-state index is 0.197. The van der Waals surface area contributed by atoms with Gasteiger partial charge in [0, 0.05) is 46.3 Å². The Bertz CT molecular complexity index is 1320. The van der Waals surface area contributed by atoms with Crippen LogP contribution in [0.5, 0.6) is 0 Å². The quantitative estimate of drug-likeness (QED) is 0.531. The molecule has 2 aromatic heterocycles. The second-order valence-corrected chi connectivity index (χ2v) is 8.22. The third-order valence-electron chi connectivity index (χ3n) is 6.18. The van der Waals surface area contributed by atoms with E-state index < -0.39 is 5.69 Å². The van der Waals surface area contributed by atoms with Crippen LogP contribution in [0.1, 0.15) is 28.7 Å². The summed E-state index contributed by atoms with van der Waals surface area (Å²) in [6, 6.07) is 7.17. The Morgan fingerprint density at radius 2 is 1.91 bits per heavy atom. The molecule has 1 saturated heterocycles. The van der Waals surface area contributed by atoms with Gasteiger partial charge < -0.3 is 15.2 Å². The predicted octanol–water partition coefficient (Wildman–Crippen LogP) is -0.111. The van der Waals surface area contributed by atoms with E-state index in [-0.39, 0.29) is 11.5 Å². The smallest absolute Gasteiger partial charge is 0.328 e. The lowest BCUT2D eigenvalue weighted by Crippen LogP contribution is -2.46. The number of aromatic nitrogens is 3. The van der Waals surface area contributed by atoms with Gasteiger partial charge in [-0.15, -0.1) is 0 Å². The first-order chi connectivity index (χ1) is 15.8. The Morgan fingerprint density at radius 3 is 2.55 bits per heavy atom. The van der Waals surface area contributed by atoms with Crippen molar-refractivity contribution >= 4 is 35.8 Å². The summed E-state index contributed by atoms with van der Waals surface area (Å²) in [7, 11) is 7.86. The van der Waals surface area contributed by atoms with Crippen LogP contribution < -0.4 is 26.9 Å². The van der Waals surface area contributed by atoms with Crippen molar-refractivity contribution in [2.75, 3.05) is 38.1 Å². The Kier molecular flexibility index (Phi) is 6.37. The lowest BCUT2D eigenvalue weighted by Gasteiger charge is -2.37. The zero-order chi connectivity index (χ0) is 23.7. The van der Waals surface area contributed by atoms with Gasteiger partial charge in [0.2, 0.25) is 0 Å². The van der Waals surface area contributed by atoms with Gasteiger partial charge in [-0.25, -0.2) is 9.78 Å². The molecule has 3 aromatic rings. The molecule has 0 saturated carbocycles. The number of benzene rings is 1. The van der Waals surface area contributed by atoms with E-state index in [1.165, 1.54) is 4.57 Å². The number of piperazine rings is 1. The molecule has 4 rings (SSSR count). The van der Waals surface area contributed by atoms with Gasteiger partial charge in [0.25, 0.3) is 11.5 Å². The number of hydrogen-bond donors (Lipinski definition) is 2. The van der Waals surface area contributed by atoms with E-state index in [1.54, 1.807) is 26.1 Å². The van der Waals surface area contributed by atoms with Crippen LogP contribution in [0.15, 0.2) is 33.9 Å². The van der Waals surface area contributed by atoms with E-state index in [2.05, 4.69) is 25.1 Å². The molecule has 2 N–H and O–H groups in total. The van der Waals surface area contributed by atoms with Crippen molar-refractivity contribution in [3.8, 4) is 0 Å². The second kappa shape index (κ2) is 9.23. The normalized spacial score (nSPS) is 14.6. The Balaban J connectivity index is 1.48. The van der Waals surface area contributed by atoms with Gasteiger partial charge in [0.15, 0.2) is 0 Å². The number of fused-ring (bicyclic) bond motifs is 1. The van der Waals surface area contributed by atoms with Crippen molar-refractivity contribution in [3.63, 3.8) is 0 Å². The summed E-state index contributed by atoms with van der Waals surface area (Å²) in [5.74, 6) is -0.197. The molecule has 0 bridgehead atoms.